The topological polar surface area (TPSA) is 53.0 Å². The van der Waals surface area contributed by atoms with Crippen LogP contribution in [0.5, 0.6) is 0 Å². The smallest absolute Gasteiger partial charge is 0.253 e. The summed E-state index contributed by atoms with van der Waals surface area (Å²) in [4.78, 5) is 17.4. The Morgan fingerprint density at radius 3 is 2.58 bits per heavy atom. The second-order valence-electron chi connectivity index (χ2n) is 7.34. The number of carbonyl (C=O) groups excluding carboxylic acids is 1. The molecule has 1 N–H and O–H groups in total. The minimum atomic E-state index is -0.360. The molecule has 3 aliphatic rings. The molecule has 3 unspecified atom stereocenters. The van der Waals surface area contributed by atoms with Crippen LogP contribution in [0.2, 0.25) is 0 Å². The first-order valence-corrected chi connectivity index (χ1v) is 9.09. The number of aliphatic hydroxyl groups is 1. The van der Waals surface area contributed by atoms with E-state index in [0.29, 0.717) is 13.2 Å². The second-order valence-corrected chi connectivity index (χ2v) is 7.34. The van der Waals surface area contributed by atoms with E-state index in [2.05, 4.69) is 29.2 Å². The van der Waals surface area contributed by atoms with Gasteiger partial charge >= 0.3 is 0 Å². The summed E-state index contributed by atoms with van der Waals surface area (Å²) in [7, 11) is 0. The predicted octanol–water partition coefficient (Wildman–Crippen LogP) is 1.40. The number of hydrogen-bond acceptors (Lipinski definition) is 4. The third-order valence-electron chi connectivity index (χ3n) is 5.64. The lowest BCUT2D eigenvalue weighted by Gasteiger charge is -2.41. The van der Waals surface area contributed by atoms with E-state index < -0.39 is 0 Å². The van der Waals surface area contributed by atoms with Gasteiger partial charge in [0.2, 0.25) is 0 Å². The van der Waals surface area contributed by atoms with Crippen molar-refractivity contribution in [2.24, 2.45) is 0 Å². The highest BCUT2D eigenvalue weighted by Crippen LogP contribution is 2.36. The number of hydrogen-bond donors (Lipinski definition) is 1. The average molecular weight is 330 g/mol. The van der Waals surface area contributed by atoms with E-state index in [1.807, 2.05) is 11.0 Å². The van der Waals surface area contributed by atoms with Crippen LogP contribution in [0.15, 0.2) is 30.3 Å². The lowest BCUT2D eigenvalue weighted by atomic mass is 9.99. The zero-order valence-electron chi connectivity index (χ0n) is 14.0. The highest BCUT2D eigenvalue weighted by molar-refractivity contribution is 5.82. The Hall–Kier alpha value is -1.43. The molecule has 1 aromatic rings. The molecule has 0 aliphatic carbocycles. The quantitative estimate of drug-likeness (QED) is 0.910. The summed E-state index contributed by atoms with van der Waals surface area (Å²) in [5.41, 5.74) is 1.27. The van der Waals surface area contributed by atoms with E-state index >= 15 is 0 Å². The monoisotopic (exact) mass is 330 g/mol. The number of piperidine rings is 1. The van der Waals surface area contributed by atoms with Gasteiger partial charge in [-0.15, -0.1) is 0 Å². The number of aliphatic hydroxyl groups excluding tert-OH is 1. The van der Waals surface area contributed by atoms with Crippen LogP contribution >= 0.6 is 0 Å². The molecule has 4 rings (SSSR count). The first kappa shape index (κ1) is 16.1. The van der Waals surface area contributed by atoms with E-state index in [-0.39, 0.29) is 30.2 Å². The van der Waals surface area contributed by atoms with Crippen LogP contribution in [-0.4, -0.2) is 64.8 Å². The maximum atomic E-state index is 13.0. The summed E-state index contributed by atoms with van der Waals surface area (Å²) >= 11 is 0. The van der Waals surface area contributed by atoms with Crippen LogP contribution in [0.25, 0.3) is 0 Å². The van der Waals surface area contributed by atoms with Crippen molar-refractivity contribution >= 4 is 5.91 Å². The van der Waals surface area contributed by atoms with Crippen molar-refractivity contribution in [1.29, 1.82) is 0 Å². The Morgan fingerprint density at radius 1 is 1.17 bits per heavy atom. The second kappa shape index (κ2) is 6.82. The van der Waals surface area contributed by atoms with Crippen molar-refractivity contribution in [1.82, 2.24) is 9.80 Å². The Morgan fingerprint density at radius 2 is 1.88 bits per heavy atom. The van der Waals surface area contributed by atoms with Crippen LogP contribution in [0.3, 0.4) is 0 Å². The average Bonchev–Trinajstić information content (AvgIpc) is 2.87. The molecular weight excluding hydrogens is 304 g/mol. The fourth-order valence-corrected chi connectivity index (χ4v) is 4.51. The molecule has 1 aromatic carbocycles. The van der Waals surface area contributed by atoms with Crippen LogP contribution in [0, 0.1) is 0 Å². The molecular formula is C19H26N2O3. The van der Waals surface area contributed by atoms with Crippen molar-refractivity contribution in [2.75, 3.05) is 19.7 Å². The molecule has 5 nitrogen and oxygen atoms in total. The maximum absolute atomic E-state index is 13.0. The molecule has 0 aromatic heterocycles. The van der Waals surface area contributed by atoms with Crippen LogP contribution in [0.1, 0.15) is 31.2 Å². The third kappa shape index (κ3) is 3.21. The van der Waals surface area contributed by atoms with Gasteiger partial charge in [0.05, 0.1) is 12.7 Å². The number of rotatable bonds is 3. The number of fused-ring (bicyclic) bond motifs is 2. The number of benzene rings is 1. The van der Waals surface area contributed by atoms with E-state index in [9.17, 15) is 9.90 Å². The van der Waals surface area contributed by atoms with Crippen molar-refractivity contribution in [3.05, 3.63) is 35.9 Å². The summed E-state index contributed by atoms with van der Waals surface area (Å²) in [6.07, 6.45) is 2.89. The largest absolute Gasteiger partial charge is 0.393 e. The van der Waals surface area contributed by atoms with Gasteiger partial charge in [-0.05, 0) is 31.2 Å². The van der Waals surface area contributed by atoms with Crippen LogP contribution < -0.4 is 0 Å². The Kier molecular flexibility index (Phi) is 4.57. The fraction of sp³-hybridized carbons (Fsp3) is 0.632. The fourth-order valence-electron chi connectivity index (χ4n) is 4.51. The predicted molar refractivity (Wildman–Crippen MR) is 90.4 cm³/mol. The van der Waals surface area contributed by atoms with Gasteiger partial charge < -0.3 is 14.7 Å². The molecule has 3 fully saturated rings. The van der Waals surface area contributed by atoms with Gasteiger partial charge in [0.25, 0.3) is 5.91 Å². The van der Waals surface area contributed by atoms with Crippen molar-refractivity contribution in [3.8, 4) is 0 Å². The molecule has 0 radical (unpaired) electrons. The van der Waals surface area contributed by atoms with Gasteiger partial charge in [-0.25, -0.2) is 0 Å². The van der Waals surface area contributed by atoms with Gasteiger partial charge in [0.15, 0.2) is 0 Å². The molecule has 24 heavy (non-hydrogen) atoms. The summed E-state index contributed by atoms with van der Waals surface area (Å²) in [6, 6.07) is 10.8. The minimum absolute atomic E-state index is 0.132. The van der Waals surface area contributed by atoms with Gasteiger partial charge in [-0.3, -0.25) is 9.69 Å². The van der Waals surface area contributed by atoms with Gasteiger partial charge in [-0.1, -0.05) is 30.3 Å². The van der Waals surface area contributed by atoms with Crippen LogP contribution in [0.4, 0.5) is 0 Å². The van der Waals surface area contributed by atoms with Crippen molar-refractivity contribution in [2.45, 2.75) is 56.5 Å². The highest BCUT2D eigenvalue weighted by atomic mass is 16.5. The van der Waals surface area contributed by atoms with E-state index in [0.717, 1.165) is 38.8 Å². The Balaban J connectivity index is 1.40. The van der Waals surface area contributed by atoms with Crippen LogP contribution in [-0.2, 0) is 16.1 Å². The number of ether oxygens (including phenoxy) is 1. The van der Waals surface area contributed by atoms with Crippen molar-refractivity contribution < 1.29 is 14.6 Å². The maximum Gasteiger partial charge on any atom is 0.253 e. The normalized spacial score (nSPS) is 33.6. The first-order valence-electron chi connectivity index (χ1n) is 9.09. The lowest BCUT2D eigenvalue weighted by molar-refractivity contribution is -0.155. The Labute approximate surface area is 143 Å². The summed E-state index contributed by atoms with van der Waals surface area (Å²) in [5.74, 6) is 0.132. The molecule has 5 heteroatoms. The molecule has 1 amide bonds. The molecule has 3 atom stereocenters. The molecule has 0 saturated carbocycles. The molecule has 130 valence electrons. The SMILES string of the molecule is O=C(C1CN(Cc2ccccc2)CCO1)N1C2CCC1CC(O)C2. The van der Waals surface area contributed by atoms with E-state index in [1.54, 1.807) is 0 Å². The molecule has 3 heterocycles. The zero-order chi connectivity index (χ0) is 16.5. The Bertz CT molecular complexity index is 565. The summed E-state index contributed by atoms with van der Waals surface area (Å²) in [5, 5.41) is 9.93. The first-order chi connectivity index (χ1) is 11.7. The van der Waals surface area contributed by atoms with E-state index in [1.165, 1.54) is 5.56 Å². The van der Waals surface area contributed by atoms with E-state index in [4.69, 9.17) is 4.74 Å². The number of carbonyl (C=O) groups is 1. The molecule has 3 aliphatic heterocycles. The highest BCUT2D eigenvalue weighted by Gasteiger charge is 2.45. The molecule has 0 spiro atoms. The summed E-state index contributed by atoms with van der Waals surface area (Å²) in [6.45, 7) is 2.99. The number of morpholine rings is 1. The number of amides is 1. The molecule has 3 saturated heterocycles. The van der Waals surface area contributed by atoms with Gasteiger partial charge in [0, 0.05) is 31.7 Å². The minimum Gasteiger partial charge on any atom is -0.393 e. The van der Waals surface area contributed by atoms with Crippen molar-refractivity contribution in [3.63, 3.8) is 0 Å². The standard InChI is InChI=1S/C19H26N2O3/c22-17-10-15-6-7-16(11-17)21(15)19(23)18-13-20(8-9-24-18)12-14-4-2-1-3-5-14/h1-5,15-18,22H,6-13H2. The number of nitrogens with zero attached hydrogens (tertiary/aromatic N) is 2. The van der Waals surface area contributed by atoms with Gasteiger partial charge in [-0.2, -0.15) is 0 Å². The lowest BCUT2D eigenvalue weighted by Crippen LogP contribution is -2.56. The summed E-state index contributed by atoms with van der Waals surface area (Å²) < 4.78 is 5.82. The molecule has 2 bridgehead atoms. The third-order valence-corrected chi connectivity index (χ3v) is 5.64. The van der Waals surface area contributed by atoms with Gasteiger partial charge in [0.1, 0.15) is 6.10 Å². The zero-order valence-corrected chi connectivity index (χ0v) is 14.0.